The molecule has 0 aromatic carbocycles. The fourth-order valence-electron chi connectivity index (χ4n) is 1.37. The zero-order valence-corrected chi connectivity index (χ0v) is 8.67. The molecule has 13 heavy (non-hydrogen) atoms. The molecule has 0 saturated heterocycles. The van der Waals surface area contributed by atoms with Crippen LogP contribution in [0.4, 0.5) is 0 Å². The van der Waals surface area contributed by atoms with Crippen LogP contribution in [0.2, 0.25) is 5.02 Å². The Morgan fingerprint density at radius 3 is 2.77 bits per heavy atom. The smallest absolute Gasteiger partial charge is 0.128 e. The lowest BCUT2D eigenvalue weighted by atomic mass is 10.0. The van der Waals surface area contributed by atoms with Crippen LogP contribution in [0.15, 0.2) is 6.20 Å². The molecule has 1 aromatic heterocycles. The zero-order valence-electron chi connectivity index (χ0n) is 7.91. The van der Waals surface area contributed by atoms with Crippen molar-refractivity contribution in [3.8, 4) is 0 Å². The van der Waals surface area contributed by atoms with Gasteiger partial charge in [0.05, 0.1) is 23.5 Å². The van der Waals surface area contributed by atoms with Crippen LogP contribution in [-0.2, 0) is 17.4 Å². The normalized spacial score (nSPS) is 15.8. The molecule has 5 heteroatoms. The number of halogens is 1. The zero-order chi connectivity index (χ0) is 10.1. The van der Waals surface area contributed by atoms with Gasteiger partial charge in [-0.2, -0.15) is 5.10 Å². The number of hydrogen-bond donors (Lipinski definition) is 1. The van der Waals surface area contributed by atoms with Crippen molar-refractivity contribution in [1.29, 1.82) is 0 Å². The maximum atomic E-state index is 9.97. The maximum absolute atomic E-state index is 9.97. The molecule has 0 saturated carbocycles. The van der Waals surface area contributed by atoms with E-state index in [0.717, 1.165) is 0 Å². The third kappa shape index (κ3) is 2.02. The number of nitrogens with zero attached hydrogens (tertiary/aromatic N) is 2. The number of aromatic nitrogens is 2. The van der Waals surface area contributed by atoms with Gasteiger partial charge >= 0.3 is 0 Å². The summed E-state index contributed by atoms with van der Waals surface area (Å²) in [5.74, 6) is 0. The summed E-state index contributed by atoms with van der Waals surface area (Å²) in [6.45, 7) is 1.83. The topological polar surface area (TPSA) is 47.3 Å². The van der Waals surface area contributed by atoms with Crippen LogP contribution < -0.4 is 0 Å². The van der Waals surface area contributed by atoms with Crippen molar-refractivity contribution < 1.29 is 9.84 Å². The lowest BCUT2D eigenvalue weighted by Gasteiger charge is -2.22. The maximum Gasteiger partial charge on any atom is 0.128 e. The van der Waals surface area contributed by atoms with E-state index in [1.165, 1.54) is 13.3 Å². The lowest BCUT2D eigenvalue weighted by molar-refractivity contribution is -0.0264. The van der Waals surface area contributed by atoms with Gasteiger partial charge in [-0.15, -0.1) is 0 Å². The summed E-state index contributed by atoms with van der Waals surface area (Å²) in [6.07, 6.45) is 1.50. The average molecular weight is 205 g/mol. The molecule has 74 valence electrons. The number of aryl methyl sites for hydroxylation is 1. The number of aliphatic hydroxyl groups is 1. The quantitative estimate of drug-likeness (QED) is 0.797. The van der Waals surface area contributed by atoms with Gasteiger partial charge in [0.15, 0.2) is 0 Å². The van der Waals surface area contributed by atoms with Gasteiger partial charge in [-0.05, 0) is 6.92 Å². The first-order chi connectivity index (χ1) is 5.99. The van der Waals surface area contributed by atoms with E-state index < -0.39 is 5.60 Å². The lowest BCUT2D eigenvalue weighted by Crippen LogP contribution is -2.30. The minimum absolute atomic E-state index is 0.187. The fraction of sp³-hybridized carbons (Fsp3) is 0.625. The molecule has 0 radical (unpaired) electrons. The molecule has 1 unspecified atom stereocenters. The monoisotopic (exact) mass is 204 g/mol. The summed E-state index contributed by atoms with van der Waals surface area (Å²) in [4.78, 5) is 0. The SMILES string of the molecule is COCC(C)(O)c1c(Cl)cnn1C. The molecule has 0 bridgehead atoms. The Morgan fingerprint density at radius 2 is 2.38 bits per heavy atom. The minimum atomic E-state index is -1.10. The van der Waals surface area contributed by atoms with Crippen molar-refractivity contribution in [3.63, 3.8) is 0 Å². The van der Waals surface area contributed by atoms with Crippen molar-refractivity contribution in [2.24, 2.45) is 7.05 Å². The first-order valence-electron chi connectivity index (χ1n) is 3.88. The van der Waals surface area contributed by atoms with E-state index in [0.29, 0.717) is 10.7 Å². The van der Waals surface area contributed by atoms with E-state index in [4.69, 9.17) is 16.3 Å². The fourth-order valence-corrected chi connectivity index (χ4v) is 1.74. The highest BCUT2D eigenvalue weighted by molar-refractivity contribution is 6.31. The van der Waals surface area contributed by atoms with Gasteiger partial charge in [0.25, 0.3) is 0 Å². The van der Waals surface area contributed by atoms with E-state index in [1.54, 1.807) is 18.7 Å². The van der Waals surface area contributed by atoms with Gasteiger partial charge in [0.1, 0.15) is 5.60 Å². The molecular formula is C8H13ClN2O2. The largest absolute Gasteiger partial charge is 0.381 e. The molecule has 4 nitrogen and oxygen atoms in total. The Bertz CT molecular complexity index is 277. The molecule has 0 amide bonds. The van der Waals surface area contributed by atoms with Crippen LogP contribution in [0.5, 0.6) is 0 Å². The molecule has 0 fully saturated rings. The molecule has 1 heterocycles. The van der Waals surface area contributed by atoms with Crippen molar-refractivity contribution >= 4 is 11.6 Å². The first-order valence-corrected chi connectivity index (χ1v) is 4.26. The van der Waals surface area contributed by atoms with E-state index in [9.17, 15) is 5.11 Å². The Labute approximate surface area is 82.1 Å². The summed E-state index contributed by atoms with van der Waals surface area (Å²) < 4.78 is 6.43. The Morgan fingerprint density at radius 1 is 1.77 bits per heavy atom. The second kappa shape index (κ2) is 3.65. The van der Waals surface area contributed by atoms with Gasteiger partial charge in [0, 0.05) is 14.2 Å². The molecule has 1 rings (SSSR count). The molecule has 0 aliphatic rings. The van der Waals surface area contributed by atoms with Crippen LogP contribution in [0.25, 0.3) is 0 Å². The van der Waals surface area contributed by atoms with E-state index in [2.05, 4.69) is 5.10 Å². The highest BCUT2D eigenvalue weighted by atomic mass is 35.5. The number of rotatable bonds is 3. The van der Waals surface area contributed by atoms with Crippen molar-refractivity contribution in [2.45, 2.75) is 12.5 Å². The van der Waals surface area contributed by atoms with Crippen molar-refractivity contribution in [3.05, 3.63) is 16.9 Å². The van der Waals surface area contributed by atoms with E-state index in [1.807, 2.05) is 0 Å². The van der Waals surface area contributed by atoms with Gasteiger partial charge < -0.3 is 9.84 Å². The molecule has 1 atom stereocenters. The molecule has 1 N–H and O–H groups in total. The number of hydrogen-bond acceptors (Lipinski definition) is 3. The summed E-state index contributed by atoms with van der Waals surface area (Å²) in [5, 5.41) is 14.3. The Kier molecular flexibility index (Phi) is 2.95. The minimum Gasteiger partial charge on any atom is -0.381 e. The van der Waals surface area contributed by atoms with Crippen LogP contribution in [-0.4, -0.2) is 28.6 Å². The Hall–Kier alpha value is -0.580. The second-order valence-corrected chi connectivity index (χ2v) is 3.58. The molecular weight excluding hydrogens is 192 g/mol. The molecule has 0 aliphatic carbocycles. The van der Waals surface area contributed by atoms with Crippen molar-refractivity contribution in [2.75, 3.05) is 13.7 Å². The predicted octanol–water partition coefficient (Wildman–Crippen LogP) is 0.927. The number of methoxy groups -OCH3 is 1. The first kappa shape index (κ1) is 10.5. The van der Waals surface area contributed by atoms with Crippen molar-refractivity contribution in [1.82, 2.24) is 9.78 Å². The molecule has 0 spiro atoms. The van der Waals surface area contributed by atoms with Gasteiger partial charge in [0.2, 0.25) is 0 Å². The summed E-state index contributed by atoms with van der Waals surface area (Å²) in [7, 11) is 3.25. The summed E-state index contributed by atoms with van der Waals surface area (Å²) >= 11 is 5.87. The average Bonchev–Trinajstić information content (AvgIpc) is 2.31. The third-order valence-electron chi connectivity index (χ3n) is 1.83. The Balaban J connectivity index is 3.05. The summed E-state index contributed by atoms with van der Waals surface area (Å²) in [5.41, 5.74) is -0.534. The third-order valence-corrected chi connectivity index (χ3v) is 2.11. The highest BCUT2D eigenvalue weighted by Crippen LogP contribution is 2.27. The summed E-state index contributed by atoms with van der Waals surface area (Å²) in [6, 6.07) is 0. The van der Waals surface area contributed by atoms with Crippen LogP contribution in [0.3, 0.4) is 0 Å². The molecule has 0 aliphatic heterocycles. The van der Waals surface area contributed by atoms with Gasteiger partial charge in [-0.25, -0.2) is 0 Å². The van der Waals surface area contributed by atoms with E-state index >= 15 is 0 Å². The standard InChI is InChI=1S/C8H13ClN2O2/c1-8(12,5-13-3)7-6(9)4-10-11(7)2/h4,12H,5H2,1-3H3. The highest BCUT2D eigenvalue weighted by Gasteiger charge is 2.29. The van der Waals surface area contributed by atoms with Gasteiger partial charge in [-0.3, -0.25) is 4.68 Å². The van der Waals surface area contributed by atoms with Crippen LogP contribution in [0.1, 0.15) is 12.6 Å². The number of ether oxygens (including phenoxy) is 1. The van der Waals surface area contributed by atoms with Gasteiger partial charge in [-0.1, -0.05) is 11.6 Å². The second-order valence-electron chi connectivity index (χ2n) is 3.17. The van der Waals surface area contributed by atoms with Crippen LogP contribution >= 0.6 is 11.6 Å². The molecule has 1 aromatic rings. The predicted molar refractivity (Wildman–Crippen MR) is 49.7 cm³/mol. The van der Waals surface area contributed by atoms with E-state index in [-0.39, 0.29) is 6.61 Å². The van der Waals surface area contributed by atoms with Crippen LogP contribution in [0, 0.1) is 0 Å².